The predicted octanol–water partition coefficient (Wildman–Crippen LogP) is 3.45. The molecular formula is C17H26N2O2. The summed E-state index contributed by atoms with van der Waals surface area (Å²) in [4.78, 5) is 14.8. The molecule has 0 bridgehead atoms. The number of carbonyl (C=O) groups is 1. The van der Waals surface area contributed by atoms with Gasteiger partial charge in [0.2, 0.25) is 5.91 Å². The van der Waals surface area contributed by atoms with Gasteiger partial charge in [-0.15, -0.1) is 0 Å². The first-order valence-corrected chi connectivity index (χ1v) is 7.69. The fourth-order valence-electron chi connectivity index (χ4n) is 3.13. The fraction of sp³-hybridized carbons (Fsp3) is 0.588. The van der Waals surface area contributed by atoms with Crippen molar-refractivity contribution in [3.8, 4) is 0 Å². The van der Waals surface area contributed by atoms with Gasteiger partial charge in [0.25, 0.3) is 0 Å². The third kappa shape index (κ3) is 2.83. The van der Waals surface area contributed by atoms with E-state index in [0.717, 1.165) is 18.5 Å². The number of amides is 1. The molecule has 0 saturated carbocycles. The van der Waals surface area contributed by atoms with Gasteiger partial charge in [-0.3, -0.25) is 4.79 Å². The molecule has 0 aliphatic carbocycles. The summed E-state index contributed by atoms with van der Waals surface area (Å²) in [6.07, 6.45) is 2.58. The van der Waals surface area contributed by atoms with E-state index in [1.807, 2.05) is 56.0 Å². The zero-order valence-corrected chi connectivity index (χ0v) is 13.5. The summed E-state index contributed by atoms with van der Waals surface area (Å²) in [5, 5.41) is 11.9. The Hall–Kier alpha value is -1.39. The van der Waals surface area contributed by atoms with E-state index in [4.69, 9.17) is 0 Å². The lowest BCUT2D eigenvalue weighted by Crippen LogP contribution is -2.71. The van der Waals surface area contributed by atoms with Gasteiger partial charge in [0, 0.05) is 12.2 Å². The number of nitrogens with zero attached hydrogens (tertiary/aromatic N) is 2. The van der Waals surface area contributed by atoms with E-state index in [0.29, 0.717) is 13.0 Å². The van der Waals surface area contributed by atoms with Crippen LogP contribution in [0.1, 0.15) is 47.0 Å². The summed E-state index contributed by atoms with van der Waals surface area (Å²) in [5.41, 5.74) is -0.453. The van der Waals surface area contributed by atoms with Gasteiger partial charge in [-0.25, -0.2) is 0 Å². The maximum atomic E-state index is 13.0. The number of hydrogen-bond donors (Lipinski definition) is 1. The van der Waals surface area contributed by atoms with Gasteiger partial charge < -0.3 is 10.1 Å². The van der Waals surface area contributed by atoms with Gasteiger partial charge in [0.1, 0.15) is 5.54 Å². The highest BCUT2D eigenvalue weighted by atomic mass is 16.5. The number of unbranched alkanes of at least 4 members (excludes halogenated alkanes) is 1. The molecule has 1 N–H and O–H groups in total. The van der Waals surface area contributed by atoms with Crippen molar-refractivity contribution in [2.24, 2.45) is 0 Å². The van der Waals surface area contributed by atoms with Crippen molar-refractivity contribution in [3.63, 3.8) is 0 Å². The Bertz CT molecular complexity index is 501. The molecule has 1 fully saturated rings. The second-order valence-electron chi connectivity index (χ2n) is 6.73. The van der Waals surface area contributed by atoms with Crippen LogP contribution in [0.5, 0.6) is 0 Å². The number of anilines is 1. The molecule has 4 nitrogen and oxygen atoms in total. The maximum Gasteiger partial charge on any atom is 0.249 e. The van der Waals surface area contributed by atoms with Crippen LogP contribution in [0.3, 0.4) is 0 Å². The summed E-state index contributed by atoms with van der Waals surface area (Å²) in [6.45, 7) is 8.37. The smallest absolute Gasteiger partial charge is 0.249 e. The Morgan fingerprint density at radius 3 is 2.38 bits per heavy atom. The van der Waals surface area contributed by atoms with Gasteiger partial charge >= 0.3 is 0 Å². The number of piperazine rings is 1. The third-order valence-corrected chi connectivity index (χ3v) is 4.38. The van der Waals surface area contributed by atoms with Crippen LogP contribution in [-0.2, 0) is 4.79 Å². The molecule has 1 aromatic carbocycles. The van der Waals surface area contributed by atoms with Crippen molar-refractivity contribution in [1.82, 2.24) is 5.06 Å². The van der Waals surface area contributed by atoms with E-state index in [1.165, 1.54) is 5.06 Å². The predicted molar refractivity (Wildman–Crippen MR) is 84.4 cm³/mol. The van der Waals surface area contributed by atoms with Crippen LogP contribution in [0.4, 0.5) is 5.69 Å². The average molecular weight is 290 g/mol. The first-order valence-electron chi connectivity index (χ1n) is 7.69. The van der Waals surface area contributed by atoms with Gasteiger partial charge in [-0.1, -0.05) is 38.0 Å². The number of hydroxylamine groups is 2. The Labute approximate surface area is 127 Å². The molecule has 4 heteroatoms. The fourth-order valence-corrected chi connectivity index (χ4v) is 3.13. The van der Waals surface area contributed by atoms with Crippen LogP contribution in [0.25, 0.3) is 0 Å². The Morgan fingerprint density at radius 2 is 1.81 bits per heavy atom. The molecule has 0 spiro atoms. The second kappa shape index (κ2) is 5.78. The van der Waals surface area contributed by atoms with Crippen LogP contribution in [0, 0.1) is 0 Å². The second-order valence-corrected chi connectivity index (χ2v) is 6.73. The van der Waals surface area contributed by atoms with Gasteiger partial charge in [-0.2, -0.15) is 5.06 Å². The van der Waals surface area contributed by atoms with Crippen LogP contribution < -0.4 is 4.90 Å². The molecule has 21 heavy (non-hydrogen) atoms. The highest BCUT2D eigenvalue weighted by Crippen LogP contribution is 2.37. The minimum absolute atomic E-state index is 0.0241. The summed E-state index contributed by atoms with van der Waals surface area (Å²) in [6, 6.07) is 9.70. The van der Waals surface area contributed by atoms with Crippen molar-refractivity contribution >= 4 is 11.6 Å². The molecule has 1 atom stereocenters. The van der Waals surface area contributed by atoms with Crippen LogP contribution in [0.15, 0.2) is 30.3 Å². The molecule has 1 aliphatic heterocycles. The molecule has 1 saturated heterocycles. The Kier molecular flexibility index (Phi) is 4.40. The zero-order chi connectivity index (χ0) is 15.7. The highest BCUT2D eigenvalue weighted by molar-refractivity contribution is 6.01. The van der Waals surface area contributed by atoms with Crippen molar-refractivity contribution in [2.75, 3.05) is 11.4 Å². The average Bonchev–Trinajstić information content (AvgIpc) is 2.48. The normalized spacial score (nSPS) is 26.1. The lowest BCUT2D eigenvalue weighted by molar-refractivity contribution is -0.234. The van der Waals surface area contributed by atoms with Gasteiger partial charge in [-0.05, 0) is 39.3 Å². The quantitative estimate of drug-likeness (QED) is 0.923. The SMILES string of the molecule is CCCCC1(C)C(=O)N(c2ccccc2)CC(C)(C)N1O. The van der Waals surface area contributed by atoms with Crippen molar-refractivity contribution in [1.29, 1.82) is 0 Å². The third-order valence-electron chi connectivity index (χ3n) is 4.38. The molecule has 1 aliphatic rings. The standard InChI is InChI=1S/C17H26N2O2/c1-5-6-12-17(4)15(20)18(13-16(2,3)19(17)21)14-10-8-7-9-11-14/h7-11,21H,5-6,12-13H2,1-4H3. The van der Waals surface area contributed by atoms with Crippen molar-refractivity contribution in [3.05, 3.63) is 30.3 Å². The summed E-state index contributed by atoms with van der Waals surface area (Å²) in [5.74, 6) is -0.0241. The summed E-state index contributed by atoms with van der Waals surface area (Å²) >= 11 is 0. The summed E-state index contributed by atoms with van der Waals surface area (Å²) in [7, 11) is 0. The monoisotopic (exact) mass is 290 g/mol. The van der Waals surface area contributed by atoms with Gasteiger partial charge in [0.05, 0.1) is 5.54 Å². The van der Waals surface area contributed by atoms with Crippen LogP contribution >= 0.6 is 0 Å². The summed E-state index contributed by atoms with van der Waals surface area (Å²) < 4.78 is 0. The molecule has 0 aromatic heterocycles. The Balaban J connectivity index is 2.39. The number of para-hydroxylation sites is 1. The molecule has 1 aromatic rings. The molecule has 2 rings (SSSR count). The lowest BCUT2D eigenvalue weighted by Gasteiger charge is -2.53. The highest BCUT2D eigenvalue weighted by Gasteiger charge is 2.52. The molecule has 116 valence electrons. The first kappa shape index (κ1) is 16.0. The minimum Gasteiger partial charge on any atom is -0.312 e. The van der Waals surface area contributed by atoms with Crippen LogP contribution in [-0.4, -0.2) is 33.8 Å². The molecular weight excluding hydrogens is 264 g/mol. The maximum absolute atomic E-state index is 13.0. The van der Waals surface area contributed by atoms with E-state index >= 15 is 0 Å². The molecule has 1 heterocycles. The largest absolute Gasteiger partial charge is 0.312 e. The molecule has 0 radical (unpaired) electrons. The van der Waals surface area contributed by atoms with E-state index in [2.05, 4.69) is 6.92 Å². The Morgan fingerprint density at radius 1 is 1.19 bits per heavy atom. The first-order chi connectivity index (χ1) is 9.83. The number of hydrogen-bond acceptors (Lipinski definition) is 3. The van der Waals surface area contributed by atoms with E-state index < -0.39 is 11.1 Å². The number of benzene rings is 1. The van der Waals surface area contributed by atoms with E-state index in [-0.39, 0.29) is 5.91 Å². The van der Waals surface area contributed by atoms with E-state index in [1.54, 1.807) is 0 Å². The van der Waals surface area contributed by atoms with Crippen LogP contribution in [0.2, 0.25) is 0 Å². The number of carbonyl (C=O) groups excluding carboxylic acids is 1. The molecule has 1 unspecified atom stereocenters. The lowest BCUT2D eigenvalue weighted by atomic mass is 9.84. The minimum atomic E-state index is -0.867. The molecule has 1 amide bonds. The number of rotatable bonds is 4. The van der Waals surface area contributed by atoms with E-state index in [9.17, 15) is 10.0 Å². The van der Waals surface area contributed by atoms with Crippen molar-refractivity contribution in [2.45, 2.75) is 58.0 Å². The zero-order valence-electron chi connectivity index (χ0n) is 13.5. The van der Waals surface area contributed by atoms with Gasteiger partial charge in [0.15, 0.2) is 0 Å². The topological polar surface area (TPSA) is 43.8 Å². The van der Waals surface area contributed by atoms with Crippen molar-refractivity contribution < 1.29 is 10.0 Å².